The fourth-order valence-corrected chi connectivity index (χ4v) is 7.17. The molecule has 0 saturated heterocycles. The second-order valence-corrected chi connectivity index (χ2v) is 12.8. The third-order valence-corrected chi connectivity index (χ3v) is 9.73. The Labute approximate surface area is 294 Å². The molecule has 0 N–H and O–H groups in total. The molecule has 0 aliphatic heterocycles. The number of benzene rings is 8. The highest BCUT2D eigenvalue weighted by atomic mass is 16.3. The molecule has 0 spiro atoms. The Kier molecular flexibility index (Phi) is 6.78. The van der Waals surface area contributed by atoms with E-state index in [0.717, 1.165) is 55.3 Å². The molecular weight excluding hydrogens is 623 g/mol. The number of fused-ring (bicyclic) bond motifs is 6. The molecule has 0 aliphatic rings. The summed E-state index contributed by atoms with van der Waals surface area (Å²) in [6, 6.07) is 61.1. The molecule has 0 bridgehead atoms. The Morgan fingerprint density at radius 1 is 0.314 bits per heavy atom. The number of hydrogen-bond donors (Lipinski definition) is 0. The summed E-state index contributed by atoms with van der Waals surface area (Å²) < 4.78 is 6.44. The molecular formula is C47H29N3O. The van der Waals surface area contributed by atoms with Crippen LogP contribution in [0.15, 0.2) is 180 Å². The second-order valence-electron chi connectivity index (χ2n) is 12.8. The van der Waals surface area contributed by atoms with Crippen molar-refractivity contribution in [3.05, 3.63) is 176 Å². The average Bonchev–Trinajstić information content (AvgIpc) is 3.59. The minimum absolute atomic E-state index is 0.608. The predicted molar refractivity (Wildman–Crippen MR) is 209 cm³/mol. The van der Waals surface area contributed by atoms with E-state index in [4.69, 9.17) is 19.4 Å². The minimum Gasteiger partial charge on any atom is -0.456 e. The van der Waals surface area contributed by atoms with Crippen molar-refractivity contribution in [2.45, 2.75) is 0 Å². The SMILES string of the molecule is c1ccc(-c2ccc(-c3nc(-c4ccccc4)nc(-c4ccc5oc6cccc(-c7ccc8ccc9ccccc9c8c7)c6c5c4)n3)cc2)cc1. The third kappa shape index (κ3) is 5.13. The molecule has 8 aromatic carbocycles. The summed E-state index contributed by atoms with van der Waals surface area (Å²) >= 11 is 0. The molecule has 51 heavy (non-hydrogen) atoms. The zero-order valence-electron chi connectivity index (χ0n) is 27.5. The van der Waals surface area contributed by atoms with Gasteiger partial charge < -0.3 is 4.42 Å². The first-order chi connectivity index (χ1) is 25.2. The highest BCUT2D eigenvalue weighted by Crippen LogP contribution is 2.40. The molecule has 4 heteroatoms. The van der Waals surface area contributed by atoms with Crippen molar-refractivity contribution in [1.82, 2.24) is 15.0 Å². The van der Waals surface area contributed by atoms with Gasteiger partial charge in [0, 0.05) is 27.5 Å². The average molecular weight is 652 g/mol. The van der Waals surface area contributed by atoms with Gasteiger partial charge in [-0.25, -0.2) is 15.0 Å². The Morgan fingerprint density at radius 3 is 1.61 bits per heavy atom. The zero-order valence-corrected chi connectivity index (χ0v) is 27.5. The molecule has 0 unspecified atom stereocenters. The van der Waals surface area contributed by atoms with Gasteiger partial charge >= 0.3 is 0 Å². The number of furan rings is 1. The highest BCUT2D eigenvalue weighted by molar-refractivity contribution is 6.15. The van der Waals surface area contributed by atoms with E-state index in [-0.39, 0.29) is 0 Å². The predicted octanol–water partition coefficient (Wildman–Crippen LogP) is 12.4. The third-order valence-electron chi connectivity index (χ3n) is 9.73. The molecule has 238 valence electrons. The molecule has 0 amide bonds. The lowest BCUT2D eigenvalue weighted by molar-refractivity contribution is 0.669. The van der Waals surface area contributed by atoms with Crippen molar-refractivity contribution in [1.29, 1.82) is 0 Å². The summed E-state index contributed by atoms with van der Waals surface area (Å²) in [7, 11) is 0. The summed E-state index contributed by atoms with van der Waals surface area (Å²) in [6.45, 7) is 0. The van der Waals surface area contributed by atoms with Crippen molar-refractivity contribution >= 4 is 43.5 Å². The second kappa shape index (κ2) is 11.9. The van der Waals surface area contributed by atoms with Crippen LogP contribution in [0.5, 0.6) is 0 Å². The van der Waals surface area contributed by atoms with Gasteiger partial charge in [0.25, 0.3) is 0 Å². The van der Waals surface area contributed by atoms with Crippen molar-refractivity contribution in [2.24, 2.45) is 0 Å². The van der Waals surface area contributed by atoms with Crippen LogP contribution in [0.2, 0.25) is 0 Å². The lowest BCUT2D eigenvalue weighted by Crippen LogP contribution is -2.00. The standard InChI is InChI=1S/C47H29N3O/c1-3-10-30(11-4-1)31-18-23-35(24-19-31)46-48-45(34-13-5-2-6-14-34)49-47(50-46)37-26-27-42-41(29-37)44-39(16-9-17-43(44)51-42)36-25-22-33-21-20-32-12-7-8-15-38(32)40(33)28-36/h1-29H. The number of hydrogen-bond acceptors (Lipinski definition) is 4. The normalized spacial score (nSPS) is 11.5. The van der Waals surface area contributed by atoms with Crippen molar-refractivity contribution in [3.8, 4) is 56.4 Å². The fourth-order valence-electron chi connectivity index (χ4n) is 7.17. The summed E-state index contributed by atoms with van der Waals surface area (Å²) in [6.07, 6.45) is 0. The minimum atomic E-state index is 0.608. The van der Waals surface area contributed by atoms with Gasteiger partial charge in [0.1, 0.15) is 11.2 Å². The van der Waals surface area contributed by atoms with Crippen LogP contribution < -0.4 is 0 Å². The van der Waals surface area contributed by atoms with Crippen LogP contribution >= 0.6 is 0 Å². The maximum Gasteiger partial charge on any atom is 0.164 e. The summed E-state index contributed by atoms with van der Waals surface area (Å²) in [5.74, 6) is 1.86. The van der Waals surface area contributed by atoms with Crippen molar-refractivity contribution in [3.63, 3.8) is 0 Å². The lowest BCUT2D eigenvalue weighted by atomic mass is 9.94. The number of rotatable bonds is 5. The van der Waals surface area contributed by atoms with E-state index < -0.39 is 0 Å². The summed E-state index contributed by atoms with van der Waals surface area (Å²) in [5.41, 5.74) is 9.00. The topological polar surface area (TPSA) is 51.8 Å². The smallest absolute Gasteiger partial charge is 0.164 e. The number of aromatic nitrogens is 3. The molecule has 2 aromatic heterocycles. The molecule has 10 rings (SSSR count). The maximum absolute atomic E-state index is 6.44. The van der Waals surface area contributed by atoms with Gasteiger partial charge in [-0.15, -0.1) is 0 Å². The first-order valence-corrected chi connectivity index (χ1v) is 17.1. The number of nitrogens with zero attached hydrogens (tertiary/aromatic N) is 3. The fraction of sp³-hybridized carbons (Fsp3) is 0. The van der Waals surface area contributed by atoms with Crippen LogP contribution in [-0.4, -0.2) is 15.0 Å². The maximum atomic E-state index is 6.44. The molecule has 0 saturated carbocycles. The lowest BCUT2D eigenvalue weighted by Gasteiger charge is -2.10. The largest absolute Gasteiger partial charge is 0.456 e. The van der Waals surface area contributed by atoms with E-state index in [0.29, 0.717) is 17.5 Å². The molecule has 4 nitrogen and oxygen atoms in total. The monoisotopic (exact) mass is 651 g/mol. The quantitative estimate of drug-likeness (QED) is 0.174. The van der Waals surface area contributed by atoms with Gasteiger partial charge in [0.15, 0.2) is 17.5 Å². The van der Waals surface area contributed by atoms with Gasteiger partial charge in [0.05, 0.1) is 0 Å². The first kappa shape index (κ1) is 29.0. The van der Waals surface area contributed by atoms with E-state index in [1.807, 2.05) is 54.6 Å². The van der Waals surface area contributed by atoms with Gasteiger partial charge in [-0.3, -0.25) is 0 Å². The van der Waals surface area contributed by atoms with Gasteiger partial charge in [-0.05, 0) is 74.1 Å². The van der Waals surface area contributed by atoms with Crippen LogP contribution in [0.4, 0.5) is 0 Å². The van der Waals surface area contributed by atoms with Gasteiger partial charge in [-0.2, -0.15) is 0 Å². The van der Waals surface area contributed by atoms with Crippen molar-refractivity contribution < 1.29 is 4.42 Å². The molecule has 0 atom stereocenters. The molecule has 0 fully saturated rings. The first-order valence-electron chi connectivity index (χ1n) is 17.1. The van der Waals surface area contributed by atoms with E-state index in [9.17, 15) is 0 Å². The molecule has 0 aliphatic carbocycles. The van der Waals surface area contributed by atoms with E-state index >= 15 is 0 Å². The zero-order chi connectivity index (χ0) is 33.7. The Morgan fingerprint density at radius 2 is 0.843 bits per heavy atom. The Hall–Kier alpha value is -6.91. The molecule has 2 heterocycles. The Bertz CT molecular complexity index is 2900. The summed E-state index contributed by atoms with van der Waals surface area (Å²) in [5, 5.41) is 7.03. The van der Waals surface area contributed by atoms with E-state index in [2.05, 4.69) is 121 Å². The van der Waals surface area contributed by atoms with Gasteiger partial charge in [-0.1, -0.05) is 146 Å². The van der Waals surface area contributed by atoms with Crippen molar-refractivity contribution in [2.75, 3.05) is 0 Å². The molecule has 10 aromatic rings. The van der Waals surface area contributed by atoms with Crippen LogP contribution in [0.1, 0.15) is 0 Å². The van der Waals surface area contributed by atoms with Gasteiger partial charge in [0.2, 0.25) is 0 Å². The summed E-state index contributed by atoms with van der Waals surface area (Å²) in [4.78, 5) is 15.1. The van der Waals surface area contributed by atoms with E-state index in [1.165, 1.54) is 27.1 Å². The van der Waals surface area contributed by atoms with Crippen LogP contribution in [-0.2, 0) is 0 Å². The highest BCUT2D eigenvalue weighted by Gasteiger charge is 2.17. The van der Waals surface area contributed by atoms with Crippen LogP contribution in [0.25, 0.3) is 99.9 Å². The molecule has 0 radical (unpaired) electrons. The van der Waals surface area contributed by atoms with Crippen LogP contribution in [0.3, 0.4) is 0 Å². The Balaban J connectivity index is 1.13. The van der Waals surface area contributed by atoms with Crippen LogP contribution in [0, 0.1) is 0 Å². The van der Waals surface area contributed by atoms with E-state index in [1.54, 1.807) is 0 Å².